The number of ether oxygens (including phenoxy) is 3. The lowest BCUT2D eigenvalue weighted by atomic mass is 9.92. The fourth-order valence-corrected chi connectivity index (χ4v) is 5.46. The summed E-state index contributed by atoms with van der Waals surface area (Å²) in [7, 11) is 0. The van der Waals surface area contributed by atoms with Gasteiger partial charge in [0.25, 0.3) is 0 Å². The molecule has 0 unspecified atom stereocenters. The molecule has 0 fully saturated rings. The van der Waals surface area contributed by atoms with Crippen LogP contribution in [0.1, 0.15) is 195 Å². The van der Waals surface area contributed by atoms with Crippen LogP contribution in [0, 0.1) is 5.41 Å². The van der Waals surface area contributed by atoms with Crippen molar-refractivity contribution < 1.29 is 28.6 Å². The Labute approximate surface area is 290 Å². The highest BCUT2D eigenvalue weighted by molar-refractivity contribution is 5.82. The van der Waals surface area contributed by atoms with Gasteiger partial charge in [-0.15, -0.1) is 0 Å². The van der Waals surface area contributed by atoms with Gasteiger partial charge in [-0.2, -0.15) is 0 Å². The van der Waals surface area contributed by atoms with E-state index in [-0.39, 0.29) is 29.4 Å². The largest absolute Gasteiger partial charge is 0.463 e. The number of esters is 3. The highest BCUT2D eigenvalue weighted by Crippen LogP contribution is 2.22. The topological polar surface area (TPSA) is 78.9 Å². The quantitative estimate of drug-likeness (QED) is 0.0309. The van der Waals surface area contributed by atoms with E-state index in [1.54, 1.807) is 12.2 Å². The molecular formula is C41H74O6. The van der Waals surface area contributed by atoms with Crippen molar-refractivity contribution in [1.29, 1.82) is 0 Å². The molecule has 0 aromatic carbocycles. The first-order valence-electron chi connectivity index (χ1n) is 19.5. The number of allylic oxidation sites excluding steroid dienone is 2. The Balaban J connectivity index is 4.04. The monoisotopic (exact) mass is 663 g/mol. The molecule has 0 aliphatic carbocycles. The van der Waals surface area contributed by atoms with E-state index in [2.05, 4.69) is 34.6 Å². The zero-order chi connectivity index (χ0) is 34.9. The molecule has 6 heteroatoms. The number of rotatable bonds is 32. The van der Waals surface area contributed by atoms with Crippen LogP contribution < -0.4 is 0 Å². The second-order valence-electron chi connectivity index (χ2n) is 14.5. The molecule has 0 bridgehead atoms. The highest BCUT2D eigenvalue weighted by atomic mass is 16.5. The van der Waals surface area contributed by atoms with E-state index < -0.39 is 0 Å². The summed E-state index contributed by atoms with van der Waals surface area (Å²) in [6, 6.07) is 0. The summed E-state index contributed by atoms with van der Waals surface area (Å²) >= 11 is 0. The molecule has 0 aromatic heterocycles. The van der Waals surface area contributed by atoms with E-state index in [0.29, 0.717) is 19.6 Å². The van der Waals surface area contributed by atoms with Crippen molar-refractivity contribution in [3.05, 3.63) is 24.3 Å². The average molecular weight is 663 g/mol. The molecule has 0 aliphatic heterocycles. The van der Waals surface area contributed by atoms with E-state index in [9.17, 15) is 14.4 Å². The van der Waals surface area contributed by atoms with Gasteiger partial charge in [0.2, 0.25) is 0 Å². The molecule has 0 aromatic rings. The molecule has 47 heavy (non-hydrogen) atoms. The molecule has 6 nitrogen and oxygen atoms in total. The molecule has 274 valence electrons. The summed E-state index contributed by atoms with van der Waals surface area (Å²) in [4.78, 5) is 36.2. The van der Waals surface area contributed by atoms with Crippen molar-refractivity contribution in [2.45, 2.75) is 201 Å². The van der Waals surface area contributed by atoms with E-state index in [1.807, 2.05) is 12.2 Å². The fourth-order valence-electron chi connectivity index (χ4n) is 5.46. The normalized spacial score (nSPS) is 12.0. The lowest BCUT2D eigenvalue weighted by molar-refractivity contribution is -0.152. The zero-order valence-corrected chi connectivity index (χ0v) is 31.4. The van der Waals surface area contributed by atoms with E-state index in [1.165, 1.54) is 38.5 Å². The van der Waals surface area contributed by atoms with Crippen molar-refractivity contribution in [2.24, 2.45) is 5.41 Å². The second-order valence-corrected chi connectivity index (χ2v) is 14.5. The van der Waals surface area contributed by atoms with Gasteiger partial charge >= 0.3 is 17.9 Å². The number of hydrogen-bond acceptors (Lipinski definition) is 6. The number of carbonyl (C=O) groups excluding carboxylic acids is 3. The minimum Gasteiger partial charge on any atom is -0.463 e. The van der Waals surface area contributed by atoms with Crippen LogP contribution in [0.3, 0.4) is 0 Å². The predicted molar refractivity (Wildman–Crippen MR) is 196 cm³/mol. The number of hydrogen-bond donors (Lipinski definition) is 0. The number of carbonyl (C=O) groups is 3. The van der Waals surface area contributed by atoms with Crippen molar-refractivity contribution >= 4 is 17.9 Å². The minimum atomic E-state index is -0.220. The molecule has 0 radical (unpaired) electrons. The highest BCUT2D eigenvalue weighted by Gasteiger charge is 2.20. The Bertz CT molecular complexity index is 757. The Morgan fingerprint density at radius 2 is 0.915 bits per heavy atom. The third-order valence-corrected chi connectivity index (χ3v) is 8.26. The summed E-state index contributed by atoms with van der Waals surface area (Å²) in [5.41, 5.74) is -0.0701. The smallest absolute Gasteiger partial charge is 0.330 e. The maximum Gasteiger partial charge on any atom is 0.330 e. The number of unbranched alkanes of at least 4 members (excludes halogenated alkanes) is 18. The molecular weight excluding hydrogens is 588 g/mol. The molecule has 0 rings (SSSR count). The van der Waals surface area contributed by atoms with Crippen molar-refractivity contribution in [1.82, 2.24) is 0 Å². The molecule has 0 spiro atoms. The van der Waals surface area contributed by atoms with Crippen molar-refractivity contribution in [3.8, 4) is 0 Å². The first-order chi connectivity index (χ1) is 22.7. The van der Waals surface area contributed by atoms with Crippen LogP contribution in [-0.4, -0.2) is 37.2 Å². The van der Waals surface area contributed by atoms with Crippen LogP contribution in [0.15, 0.2) is 24.3 Å². The SMILES string of the molecule is CCCCCC/C=C\C(=O)OCCCCCCCCC(CCCCCCCCOC(=O)/C=C\CCCCCC)OC(=O)CC(C)(C)C. The Morgan fingerprint density at radius 3 is 1.32 bits per heavy atom. The second kappa shape index (κ2) is 32.4. The lowest BCUT2D eigenvalue weighted by Crippen LogP contribution is -2.22. The standard InChI is InChI=1S/C41H74O6/c1-6-8-10-12-20-26-32-38(42)45-34-28-22-16-14-18-24-30-37(47-40(44)36-41(3,4)5)31-25-19-15-17-23-29-35-46-39(43)33-27-21-13-11-9-7-2/h26-27,32-33,37H,6-25,28-31,34-36H2,1-5H3/b32-26-,33-27-. The molecule has 0 amide bonds. The van der Waals surface area contributed by atoms with Gasteiger partial charge in [-0.05, 0) is 69.6 Å². The Hall–Kier alpha value is -2.11. The maximum atomic E-state index is 12.6. The van der Waals surface area contributed by atoms with Gasteiger partial charge in [-0.1, -0.05) is 137 Å². The van der Waals surface area contributed by atoms with Gasteiger partial charge in [0.1, 0.15) is 6.10 Å². The van der Waals surface area contributed by atoms with E-state index in [4.69, 9.17) is 14.2 Å². The van der Waals surface area contributed by atoms with Crippen LogP contribution in [0.4, 0.5) is 0 Å². The fraction of sp³-hybridized carbons (Fsp3) is 0.829. The minimum absolute atomic E-state index is 0.00285. The molecule has 0 N–H and O–H groups in total. The zero-order valence-electron chi connectivity index (χ0n) is 31.4. The van der Waals surface area contributed by atoms with Gasteiger partial charge in [0.05, 0.1) is 19.6 Å². The average Bonchev–Trinajstić information content (AvgIpc) is 3.01. The van der Waals surface area contributed by atoms with Crippen LogP contribution in [0.25, 0.3) is 0 Å². The maximum absolute atomic E-state index is 12.6. The third-order valence-electron chi connectivity index (χ3n) is 8.26. The van der Waals surface area contributed by atoms with Gasteiger partial charge in [0, 0.05) is 12.2 Å². The summed E-state index contributed by atoms with van der Waals surface area (Å²) < 4.78 is 16.6. The third kappa shape index (κ3) is 35.0. The summed E-state index contributed by atoms with van der Waals surface area (Å²) in [5, 5.41) is 0. The van der Waals surface area contributed by atoms with Crippen LogP contribution in [-0.2, 0) is 28.6 Å². The summed E-state index contributed by atoms with van der Waals surface area (Å²) in [6.07, 6.45) is 33.8. The van der Waals surface area contributed by atoms with Gasteiger partial charge in [-0.3, -0.25) is 4.79 Å². The van der Waals surface area contributed by atoms with Gasteiger partial charge in [-0.25, -0.2) is 9.59 Å². The molecule has 0 atom stereocenters. The molecule has 0 saturated heterocycles. The van der Waals surface area contributed by atoms with Crippen LogP contribution >= 0.6 is 0 Å². The van der Waals surface area contributed by atoms with Crippen molar-refractivity contribution in [2.75, 3.05) is 13.2 Å². The van der Waals surface area contributed by atoms with E-state index >= 15 is 0 Å². The Kier molecular flexibility index (Phi) is 31.0. The lowest BCUT2D eigenvalue weighted by Gasteiger charge is -2.22. The first kappa shape index (κ1) is 44.9. The predicted octanol–water partition coefficient (Wildman–Crippen LogP) is 11.9. The molecule has 0 aliphatic rings. The van der Waals surface area contributed by atoms with Crippen LogP contribution in [0.5, 0.6) is 0 Å². The Morgan fingerprint density at radius 1 is 0.532 bits per heavy atom. The van der Waals surface area contributed by atoms with Gasteiger partial charge < -0.3 is 14.2 Å². The molecule has 0 saturated carbocycles. The van der Waals surface area contributed by atoms with E-state index in [0.717, 1.165) is 116 Å². The van der Waals surface area contributed by atoms with Crippen LogP contribution in [0.2, 0.25) is 0 Å². The summed E-state index contributed by atoms with van der Waals surface area (Å²) in [5.74, 6) is -0.520. The summed E-state index contributed by atoms with van der Waals surface area (Å²) in [6.45, 7) is 11.6. The van der Waals surface area contributed by atoms with Gasteiger partial charge in [0.15, 0.2) is 0 Å². The first-order valence-corrected chi connectivity index (χ1v) is 19.5. The molecule has 0 heterocycles. The van der Waals surface area contributed by atoms with Crippen molar-refractivity contribution in [3.63, 3.8) is 0 Å².